The van der Waals surface area contributed by atoms with Gasteiger partial charge in [0.2, 0.25) is 0 Å². The average Bonchev–Trinajstić information content (AvgIpc) is 2.40. The third-order valence-electron chi connectivity index (χ3n) is 2.05. The molecular formula is C12H8N2O4. The average molecular weight is 244 g/mol. The van der Waals surface area contributed by atoms with Gasteiger partial charge in [0, 0.05) is 12.4 Å². The molecule has 6 nitrogen and oxygen atoms in total. The number of esters is 1. The zero-order valence-electron chi connectivity index (χ0n) is 9.11. The molecule has 2 rings (SSSR count). The Kier molecular flexibility index (Phi) is 3.29. The van der Waals surface area contributed by atoms with Crippen molar-refractivity contribution in [3.05, 3.63) is 54.1 Å². The van der Waals surface area contributed by atoms with Crippen molar-refractivity contribution < 1.29 is 19.4 Å². The van der Waals surface area contributed by atoms with Crippen LogP contribution < -0.4 is 4.74 Å². The van der Waals surface area contributed by atoms with E-state index >= 15 is 0 Å². The number of ether oxygens (including phenoxy) is 1. The largest absolute Gasteiger partial charge is 0.476 e. The molecule has 0 fully saturated rings. The van der Waals surface area contributed by atoms with Crippen LogP contribution in [-0.4, -0.2) is 27.0 Å². The van der Waals surface area contributed by atoms with E-state index in [2.05, 4.69) is 9.97 Å². The minimum absolute atomic E-state index is 0.310. The molecule has 90 valence electrons. The predicted molar refractivity (Wildman–Crippen MR) is 60.4 cm³/mol. The molecule has 0 radical (unpaired) electrons. The summed E-state index contributed by atoms with van der Waals surface area (Å²) in [6, 6.07) is 8.31. The monoisotopic (exact) mass is 244 g/mol. The molecule has 1 aromatic carbocycles. The molecule has 0 amide bonds. The molecule has 0 atom stereocenters. The smallest absolute Gasteiger partial charge is 0.364 e. The van der Waals surface area contributed by atoms with E-state index in [1.165, 1.54) is 12.4 Å². The Hall–Kier alpha value is -2.76. The molecule has 0 aliphatic rings. The Labute approximate surface area is 102 Å². The number of aromatic nitrogens is 2. The van der Waals surface area contributed by atoms with Crippen molar-refractivity contribution >= 4 is 11.9 Å². The van der Waals surface area contributed by atoms with Gasteiger partial charge in [-0.15, -0.1) is 0 Å². The highest BCUT2D eigenvalue weighted by atomic mass is 16.5. The van der Waals surface area contributed by atoms with Crippen LogP contribution in [0.4, 0.5) is 0 Å². The summed E-state index contributed by atoms with van der Waals surface area (Å²) in [5.74, 6) is -1.88. The van der Waals surface area contributed by atoms with E-state index in [4.69, 9.17) is 9.84 Å². The summed E-state index contributed by atoms with van der Waals surface area (Å²) in [5.41, 5.74) is -0.757. The number of aromatic carboxylic acids is 1. The minimum Gasteiger partial charge on any atom is -0.476 e. The number of hydrogen-bond acceptors (Lipinski definition) is 5. The molecular weight excluding hydrogens is 236 g/mol. The topological polar surface area (TPSA) is 89.4 Å². The van der Waals surface area contributed by atoms with Crippen LogP contribution in [0.5, 0.6) is 5.75 Å². The first-order chi connectivity index (χ1) is 8.68. The third kappa shape index (κ3) is 2.49. The summed E-state index contributed by atoms with van der Waals surface area (Å²) in [7, 11) is 0. The normalized spacial score (nSPS) is 9.78. The van der Waals surface area contributed by atoms with Gasteiger partial charge in [-0.05, 0) is 12.1 Å². The van der Waals surface area contributed by atoms with Crippen molar-refractivity contribution in [1.82, 2.24) is 9.97 Å². The fraction of sp³-hybridized carbons (Fsp3) is 0. The van der Waals surface area contributed by atoms with Crippen molar-refractivity contribution in [2.45, 2.75) is 0 Å². The summed E-state index contributed by atoms with van der Waals surface area (Å²) in [6.45, 7) is 0. The molecule has 1 N–H and O–H groups in total. The van der Waals surface area contributed by atoms with Crippen LogP contribution in [0.3, 0.4) is 0 Å². The van der Waals surface area contributed by atoms with Gasteiger partial charge in [-0.1, -0.05) is 18.2 Å². The Balaban J connectivity index is 2.27. The van der Waals surface area contributed by atoms with E-state index in [9.17, 15) is 9.59 Å². The quantitative estimate of drug-likeness (QED) is 0.648. The van der Waals surface area contributed by atoms with E-state index in [0.717, 1.165) is 0 Å². The summed E-state index contributed by atoms with van der Waals surface area (Å²) >= 11 is 0. The second kappa shape index (κ2) is 5.05. The van der Waals surface area contributed by atoms with Gasteiger partial charge in [0.25, 0.3) is 0 Å². The fourth-order valence-corrected chi connectivity index (χ4v) is 1.29. The van der Waals surface area contributed by atoms with E-state index < -0.39 is 17.6 Å². The van der Waals surface area contributed by atoms with Crippen LogP contribution in [0.25, 0.3) is 0 Å². The summed E-state index contributed by atoms with van der Waals surface area (Å²) < 4.78 is 4.99. The fourth-order valence-electron chi connectivity index (χ4n) is 1.29. The van der Waals surface area contributed by atoms with Gasteiger partial charge >= 0.3 is 11.9 Å². The number of carbonyl (C=O) groups is 2. The number of hydrogen-bond donors (Lipinski definition) is 1. The van der Waals surface area contributed by atoms with E-state index in [1.54, 1.807) is 30.3 Å². The zero-order valence-corrected chi connectivity index (χ0v) is 9.11. The second-order valence-electron chi connectivity index (χ2n) is 3.26. The highest BCUT2D eigenvalue weighted by Gasteiger charge is 2.21. The maximum absolute atomic E-state index is 11.8. The first-order valence-electron chi connectivity index (χ1n) is 5.00. The Morgan fingerprint density at radius 1 is 1.00 bits per heavy atom. The zero-order chi connectivity index (χ0) is 13.0. The van der Waals surface area contributed by atoms with Crippen molar-refractivity contribution in [1.29, 1.82) is 0 Å². The molecule has 0 unspecified atom stereocenters. The van der Waals surface area contributed by atoms with Crippen LogP contribution in [0.15, 0.2) is 42.7 Å². The number of carbonyl (C=O) groups excluding carboxylic acids is 1. The lowest BCUT2D eigenvalue weighted by Gasteiger charge is -2.04. The molecule has 0 saturated carbocycles. The van der Waals surface area contributed by atoms with Gasteiger partial charge in [-0.3, -0.25) is 0 Å². The van der Waals surface area contributed by atoms with Crippen LogP contribution in [-0.2, 0) is 0 Å². The van der Waals surface area contributed by atoms with Crippen molar-refractivity contribution in [3.63, 3.8) is 0 Å². The molecule has 0 spiro atoms. The molecule has 18 heavy (non-hydrogen) atoms. The second-order valence-corrected chi connectivity index (χ2v) is 3.26. The maximum Gasteiger partial charge on any atom is 0.364 e. The van der Waals surface area contributed by atoms with Gasteiger partial charge < -0.3 is 9.84 Å². The van der Waals surface area contributed by atoms with Crippen molar-refractivity contribution in [2.75, 3.05) is 0 Å². The number of nitrogens with zero attached hydrogens (tertiary/aromatic N) is 2. The lowest BCUT2D eigenvalue weighted by atomic mass is 10.3. The third-order valence-corrected chi connectivity index (χ3v) is 2.05. The predicted octanol–water partition coefficient (Wildman–Crippen LogP) is 1.39. The molecule has 6 heteroatoms. The van der Waals surface area contributed by atoms with E-state index in [-0.39, 0.29) is 5.69 Å². The van der Waals surface area contributed by atoms with Crippen LogP contribution >= 0.6 is 0 Å². The first-order valence-corrected chi connectivity index (χ1v) is 5.00. The van der Waals surface area contributed by atoms with Crippen LogP contribution in [0.2, 0.25) is 0 Å². The minimum atomic E-state index is -1.33. The SMILES string of the molecule is O=C(O)c1nccnc1C(=O)Oc1ccccc1. The summed E-state index contributed by atoms with van der Waals surface area (Å²) in [6.07, 6.45) is 2.43. The van der Waals surface area contributed by atoms with Crippen molar-refractivity contribution in [3.8, 4) is 5.75 Å². The molecule has 0 saturated heterocycles. The molecule has 1 aromatic heterocycles. The van der Waals surface area contributed by atoms with Crippen LogP contribution in [0, 0.1) is 0 Å². The van der Waals surface area contributed by atoms with Gasteiger partial charge in [0.05, 0.1) is 0 Å². The van der Waals surface area contributed by atoms with Gasteiger partial charge in [0.15, 0.2) is 11.4 Å². The molecule has 1 heterocycles. The number of carboxylic acids is 1. The maximum atomic E-state index is 11.8. The van der Waals surface area contributed by atoms with Crippen molar-refractivity contribution in [2.24, 2.45) is 0 Å². The molecule has 2 aromatic rings. The Bertz CT molecular complexity index is 584. The van der Waals surface area contributed by atoms with E-state index in [1.807, 2.05) is 0 Å². The standard InChI is InChI=1S/C12H8N2O4/c15-11(16)9-10(14-7-6-13-9)12(17)18-8-4-2-1-3-5-8/h1-7H,(H,15,16). The summed E-state index contributed by atoms with van der Waals surface area (Å²) in [5, 5.41) is 8.87. The highest BCUT2D eigenvalue weighted by Crippen LogP contribution is 2.12. The Morgan fingerprint density at radius 2 is 1.61 bits per heavy atom. The first kappa shape index (κ1) is 11.7. The Morgan fingerprint density at radius 3 is 2.22 bits per heavy atom. The lowest BCUT2D eigenvalue weighted by Crippen LogP contribution is -2.17. The van der Waals surface area contributed by atoms with Crippen LogP contribution in [0.1, 0.15) is 21.0 Å². The molecule has 0 aliphatic heterocycles. The number of rotatable bonds is 3. The number of benzene rings is 1. The lowest BCUT2D eigenvalue weighted by molar-refractivity contribution is 0.0657. The highest BCUT2D eigenvalue weighted by molar-refractivity contribution is 6.00. The molecule has 0 aliphatic carbocycles. The summed E-state index contributed by atoms with van der Waals surface area (Å²) in [4.78, 5) is 29.9. The van der Waals surface area contributed by atoms with E-state index in [0.29, 0.717) is 5.75 Å². The van der Waals surface area contributed by atoms with Gasteiger partial charge in [0.1, 0.15) is 5.75 Å². The van der Waals surface area contributed by atoms with Gasteiger partial charge in [-0.25, -0.2) is 19.6 Å². The molecule has 0 bridgehead atoms. The number of para-hydroxylation sites is 1. The van der Waals surface area contributed by atoms with Gasteiger partial charge in [-0.2, -0.15) is 0 Å². The number of carboxylic acid groups (broad SMARTS) is 1.